The molecule has 31 heavy (non-hydrogen) atoms. The van der Waals surface area contributed by atoms with Crippen LogP contribution in [-0.2, 0) is 9.59 Å². The molecule has 0 fully saturated rings. The summed E-state index contributed by atoms with van der Waals surface area (Å²) < 4.78 is 5.95. The van der Waals surface area contributed by atoms with E-state index in [1.807, 2.05) is 43.3 Å². The van der Waals surface area contributed by atoms with Crippen molar-refractivity contribution in [3.63, 3.8) is 0 Å². The van der Waals surface area contributed by atoms with Crippen LogP contribution in [0.5, 0.6) is 5.75 Å². The number of fused-ring (bicyclic) bond motifs is 1. The first-order valence-corrected chi connectivity index (χ1v) is 10.5. The van der Waals surface area contributed by atoms with Crippen LogP contribution in [0.2, 0.25) is 5.02 Å². The second-order valence-corrected chi connectivity index (χ2v) is 7.69. The molecule has 1 N–H and O–H groups in total. The van der Waals surface area contributed by atoms with Gasteiger partial charge in [-0.25, -0.2) is 4.98 Å². The third-order valence-corrected chi connectivity index (χ3v) is 5.58. The molecule has 0 saturated carbocycles. The molecule has 1 aromatic heterocycles. The van der Waals surface area contributed by atoms with Gasteiger partial charge in [0, 0.05) is 35.4 Å². The maximum atomic E-state index is 13.2. The third-order valence-electron chi connectivity index (χ3n) is 5.17. The Morgan fingerprint density at radius 3 is 2.74 bits per heavy atom. The second-order valence-electron chi connectivity index (χ2n) is 7.29. The molecule has 6 nitrogen and oxygen atoms in total. The van der Waals surface area contributed by atoms with Crippen molar-refractivity contribution in [1.82, 2.24) is 4.98 Å². The Labute approximate surface area is 185 Å². The molecular weight excluding hydrogens is 414 g/mol. The number of anilines is 2. The number of amides is 2. The van der Waals surface area contributed by atoms with Crippen LogP contribution in [-0.4, -0.2) is 23.3 Å². The van der Waals surface area contributed by atoms with E-state index in [-0.39, 0.29) is 18.2 Å². The number of carbonyl (C=O) groups is 2. The number of carbonyl (C=O) groups excluding carboxylic acids is 2. The normalized spacial score (nSPS) is 15.2. The Morgan fingerprint density at radius 1 is 1.13 bits per heavy atom. The quantitative estimate of drug-likeness (QED) is 0.596. The Balaban J connectivity index is 1.45. The number of ether oxygens (including phenoxy) is 1. The number of nitrogens with one attached hydrogen (secondary N) is 1. The van der Waals surface area contributed by atoms with Gasteiger partial charge < -0.3 is 10.1 Å². The van der Waals surface area contributed by atoms with Gasteiger partial charge in [-0.3, -0.25) is 14.5 Å². The van der Waals surface area contributed by atoms with Crippen molar-refractivity contribution in [1.29, 1.82) is 0 Å². The highest BCUT2D eigenvalue weighted by Crippen LogP contribution is 2.37. The van der Waals surface area contributed by atoms with Crippen LogP contribution in [0.15, 0.2) is 66.9 Å². The predicted molar refractivity (Wildman–Crippen MR) is 120 cm³/mol. The van der Waals surface area contributed by atoms with E-state index in [0.29, 0.717) is 35.2 Å². The SMILES string of the molecule is Cc1c(Cl)cccc1NC(=O)CCCN1C(=O)C(c2ccccc2)Oc2cccnc21. The molecule has 7 heteroatoms. The number of aromatic nitrogens is 1. The molecule has 0 saturated heterocycles. The van der Waals surface area contributed by atoms with Gasteiger partial charge in [0.25, 0.3) is 5.91 Å². The van der Waals surface area contributed by atoms with Crippen LogP contribution in [0.1, 0.15) is 30.1 Å². The minimum Gasteiger partial charge on any atom is -0.472 e. The van der Waals surface area contributed by atoms with Crippen molar-refractivity contribution < 1.29 is 14.3 Å². The molecule has 1 atom stereocenters. The van der Waals surface area contributed by atoms with Gasteiger partial charge >= 0.3 is 0 Å². The van der Waals surface area contributed by atoms with Crippen LogP contribution in [0.4, 0.5) is 11.5 Å². The zero-order valence-corrected chi connectivity index (χ0v) is 17.8. The topological polar surface area (TPSA) is 71.5 Å². The first-order chi connectivity index (χ1) is 15.0. The van der Waals surface area contributed by atoms with Crippen molar-refractivity contribution >= 4 is 34.9 Å². The van der Waals surface area contributed by atoms with Gasteiger partial charge in [0.1, 0.15) is 0 Å². The average molecular weight is 436 g/mol. The Hall–Kier alpha value is -3.38. The molecule has 1 unspecified atom stereocenters. The van der Waals surface area contributed by atoms with Crippen LogP contribution >= 0.6 is 11.6 Å². The van der Waals surface area contributed by atoms with E-state index in [2.05, 4.69) is 10.3 Å². The van der Waals surface area contributed by atoms with Crippen LogP contribution in [0.3, 0.4) is 0 Å². The van der Waals surface area contributed by atoms with E-state index < -0.39 is 6.10 Å². The lowest BCUT2D eigenvalue weighted by atomic mass is 10.1. The van der Waals surface area contributed by atoms with Gasteiger partial charge in [0.05, 0.1) is 0 Å². The lowest BCUT2D eigenvalue weighted by Crippen LogP contribution is -2.42. The Morgan fingerprint density at radius 2 is 1.94 bits per heavy atom. The van der Waals surface area contributed by atoms with E-state index in [1.165, 1.54) is 0 Å². The van der Waals surface area contributed by atoms with Crippen molar-refractivity contribution in [2.75, 3.05) is 16.8 Å². The summed E-state index contributed by atoms with van der Waals surface area (Å²) >= 11 is 6.12. The number of nitrogens with zero attached hydrogens (tertiary/aromatic N) is 2. The molecule has 0 bridgehead atoms. The number of hydrogen-bond acceptors (Lipinski definition) is 4. The fourth-order valence-electron chi connectivity index (χ4n) is 3.51. The Kier molecular flexibility index (Phi) is 6.18. The van der Waals surface area contributed by atoms with Crippen molar-refractivity contribution in [2.45, 2.75) is 25.9 Å². The highest BCUT2D eigenvalue weighted by molar-refractivity contribution is 6.31. The summed E-state index contributed by atoms with van der Waals surface area (Å²) in [6.45, 7) is 2.22. The maximum absolute atomic E-state index is 13.2. The molecule has 3 aromatic rings. The van der Waals surface area contributed by atoms with Gasteiger partial charge in [0.2, 0.25) is 12.0 Å². The largest absolute Gasteiger partial charge is 0.472 e. The highest BCUT2D eigenvalue weighted by atomic mass is 35.5. The van der Waals surface area contributed by atoms with E-state index in [4.69, 9.17) is 16.3 Å². The second kappa shape index (κ2) is 9.18. The average Bonchev–Trinajstić information content (AvgIpc) is 2.79. The summed E-state index contributed by atoms with van der Waals surface area (Å²) in [6.07, 6.45) is 1.63. The van der Waals surface area contributed by atoms with Crippen molar-refractivity contribution in [3.05, 3.63) is 83.0 Å². The van der Waals surface area contributed by atoms with E-state index in [0.717, 1.165) is 11.1 Å². The van der Waals surface area contributed by atoms with Crippen molar-refractivity contribution in [3.8, 4) is 5.75 Å². The number of benzene rings is 2. The minimum absolute atomic E-state index is 0.132. The van der Waals surface area contributed by atoms with Crippen LogP contribution in [0.25, 0.3) is 0 Å². The van der Waals surface area contributed by atoms with Gasteiger partial charge in [-0.1, -0.05) is 48.0 Å². The Bertz CT molecular complexity index is 1100. The number of rotatable bonds is 6. The first kappa shape index (κ1) is 20.9. The molecule has 158 valence electrons. The summed E-state index contributed by atoms with van der Waals surface area (Å²) in [7, 11) is 0. The summed E-state index contributed by atoms with van der Waals surface area (Å²) in [6, 6.07) is 18.3. The molecule has 0 radical (unpaired) electrons. The smallest absolute Gasteiger partial charge is 0.274 e. The molecule has 0 aliphatic carbocycles. The van der Waals surface area contributed by atoms with E-state index in [9.17, 15) is 9.59 Å². The molecule has 2 aromatic carbocycles. The predicted octanol–water partition coefficient (Wildman–Crippen LogP) is 4.93. The minimum atomic E-state index is -0.735. The molecule has 1 aliphatic heterocycles. The third kappa shape index (κ3) is 4.54. The molecule has 2 heterocycles. The van der Waals surface area contributed by atoms with Crippen LogP contribution in [0, 0.1) is 6.92 Å². The fraction of sp³-hybridized carbons (Fsp3) is 0.208. The van der Waals surface area contributed by atoms with Gasteiger partial charge in [-0.15, -0.1) is 0 Å². The lowest BCUT2D eigenvalue weighted by Gasteiger charge is -2.33. The zero-order chi connectivity index (χ0) is 21.8. The molecule has 2 amide bonds. The van der Waals surface area contributed by atoms with Gasteiger partial charge in [0.15, 0.2) is 11.6 Å². The molecular formula is C24H22ClN3O3. The van der Waals surface area contributed by atoms with E-state index >= 15 is 0 Å². The molecule has 1 aliphatic rings. The monoisotopic (exact) mass is 435 g/mol. The summed E-state index contributed by atoms with van der Waals surface area (Å²) in [5.41, 5.74) is 2.29. The fourth-order valence-corrected chi connectivity index (χ4v) is 3.68. The number of pyridine rings is 1. The lowest BCUT2D eigenvalue weighted by molar-refractivity contribution is -0.127. The van der Waals surface area contributed by atoms with Gasteiger partial charge in [-0.2, -0.15) is 0 Å². The zero-order valence-electron chi connectivity index (χ0n) is 17.0. The maximum Gasteiger partial charge on any atom is 0.274 e. The summed E-state index contributed by atoms with van der Waals surface area (Å²) in [4.78, 5) is 31.6. The van der Waals surface area contributed by atoms with Gasteiger partial charge in [-0.05, 0) is 43.2 Å². The summed E-state index contributed by atoms with van der Waals surface area (Å²) in [5.74, 6) is 0.705. The number of halogens is 1. The van der Waals surface area contributed by atoms with Crippen molar-refractivity contribution in [2.24, 2.45) is 0 Å². The molecule has 0 spiro atoms. The van der Waals surface area contributed by atoms with Crippen LogP contribution < -0.4 is 15.0 Å². The molecule has 4 rings (SSSR count). The highest BCUT2D eigenvalue weighted by Gasteiger charge is 2.36. The first-order valence-electron chi connectivity index (χ1n) is 10.1. The standard InChI is InChI=1S/C24H22ClN3O3/c1-16-18(25)10-5-11-19(16)27-21(29)13-7-15-28-23-20(12-6-14-26-23)31-22(24(28)30)17-8-3-2-4-9-17/h2-6,8-12,14,22H,7,13,15H2,1H3,(H,27,29). The van der Waals surface area contributed by atoms with E-state index in [1.54, 1.807) is 35.4 Å². The number of hydrogen-bond donors (Lipinski definition) is 1. The summed E-state index contributed by atoms with van der Waals surface area (Å²) in [5, 5.41) is 3.49.